The Kier molecular flexibility index (Phi) is 5.84. The fraction of sp³-hybridized carbons (Fsp3) is 0.368. The molecule has 1 aliphatic rings. The third-order valence-electron chi connectivity index (χ3n) is 4.24. The molecule has 4 rings (SSSR count). The van der Waals surface area contributed by atoms with Crippen LogP contribution >= 0.6 is 11.3 Å². The van der Waals surface area contributed by atoms with Gasteiger partial charge in [-0.15, -0.1) is 0 Å². The van der Waals surface area contributed by atoms with E-state index in [4.69, 9.17) is 19.0 Å². The van der Waals surface area contributed by atoms with Crippen molar-refractivity contribution in [2.24, 2.45) is 0 Å². The third kappa shape index (κ3) is 4.32. The number of aromatic nitrogens is 2. The van der Waals surface area contributed by atoms with Gasteiger partial charge < -0.3 is 23.9 Å². The summed E-state index contributed by atoms with van der Waals surface area (Å²) < 4.78 is 29.2. The van der Waals surface area contributed by atoms with Crippen LogP contribution in [0.4, 0.5) is 9.52 Å². The molecule has 1 aromatic carbocycles. The number of benzene rings is 1. The highest BCUT2D eigenvalue weighted by molar-refractivity contribution is 7.16. The molecule has 148 valence electrons. The summed E-state index contributed by atoms with van der Waals surface area (Å²) in [5.74, 6) is 0.881. The maximum Gasteiger partial charge on any atom is 0.220 e. The van der Waals surface area contributed by atoms with E-state index in [-0.39, 0.29) is 6.61 Å². The van der Waals surface area contributed by atoms with Gasteiger partial charge in [0.2, 0.25) is 5.89 Å². The number of anilines is 1. The van der Waals surface area contributed by atoms with Crippen LogP contribution in [0.3, 0.4) is 0 Å². The summed E-state index contributed by atoms with van der Waals surface area (Å²) in [6.07, 6.45) is 4.64. The SMILES string of the molecule is OCC(CF)Oc1ccc2nc(/C=C/c3cnc(N4CCOCC4)s3)oc2c1. The Labute approximate surface area is 165 Å². The van der Waals surface area contributed by atoms with Crippen LogP contribution in [0.25, 0.3) is 23.3 Å². The maximum absolute atomic E-state index is 12.7. The first-order chi connectivity index (χ1) is 13.7. The van der Waals surface area contributed by atoms with Crippen LogP contribution in [-0.2, 0) is 4.74 Å². The molecule has 0 radical (unpaired) electrons. The molecule has 1 N–H and O–H groups in total. The number of halogens is 1. The summed E-state index contributed by atoms with van der Waals surface area (Å²) >= 11 is 1.60. The van der Waals surface area contributed by atoms with E-state index < -0.39 is 12.8 Å². The summed E-state index contributed by atoms with van der Waals surface area (Å²) in [4.78, 5) is 12.1. The lowest BCUT2D eigenvalue weighted by molar-refractivity contribution is 0.0932. The monoisotopic (exact) mass is 405 g/mol. The van der Waals surface area contributed by atoms with Crippen LogP contribution in [0.2, 0.25) is 0 Å². The van der Waals surface area contributed by atoms with Crippen molar-refractivity contribution in [3.63, 3.8) is 0 Å². The molecule has 7 nitrogen and oxygen atoms in total. The number of rotatable bonds is 7. The minimum absolute atomic E-state index is 0.389. The number of hydrogen-bond donors (Lipinski definition) is 1. The highest BCUT2D eigenvalue weighted by atomic mass is 32.1. The second-order valence-corrected chi connectivity index (χ2v) is 7.28. The topological polar surface area (TPSA) is 80.9 Å². The highest BCUT2D eigenvalue weighted by Gasteiger charge is 2.14. The van der Waals surface area contributed by atoms with Crippen LogP contribution in [-0.4, -0.2) is 60.8 Å². The van der Waals surface area contributed by atoms with E-state index in [1.54, 1.807) is 35.6 Å². The first kappa shape index (κ1) is 18.9. The summed E-state index contributed by atoms with van der Waals surface area (Å²) in [5, 5.41) is 10.0. The zero-order valence-corrected chi connectivity index (χ0v) is 15.9. The van der Waals surface area contributed by atoms with Crippen molar-refractivity contribution >= 4 is 39.7 Å². The molecule has 3 heterocycles. The Balaban J connectivity index is 1.46. The second-order valence-electron chi connectivity index (χ2n) is 6.24. The second kappa shape index (κ2) is 8.68. The third-order valence-corrected chi connectivity index (χ3v) is 5.26. The molecule has 0 saturated carbocycles. The van der Waals surface area contributed by atoms with Gasteiger partial charge in [0.1, 0.15) is 24.0 Å². The van der Waals surface area contributed by atoms with Crippen molar-refractivity contribution < 1.29 is 23.4 Å². The lowest BCUT2D eigenvalue weighted by atomic mass is 10.3. The Hall–Kier alpha value is -2.49. The lowest BCUT2D eigenvalue weighted by Gasteiger charge is -2.25. The van der Waals surface area contributed by atoms with Gasteiger partial charge in [0.25, 0.3) is 0 Å². The average Bonchev–Trinajstić information content (AvgIpc) is 3.37. The van der Waals surface area contributed by atoms with Gasteiger partial charge in [0, 0.05) is 36.3 Å². The Morgan fingerprint density at radius 3 is 2.96 bits per heavy atom. The largest absolute Gasteiger partial charge is 0.485 e. The zero-order chi connectivity index (χ0) is 19.3. The van der Waals surface area contributed by atoms with Crippen molar-refractivity contribution in [2.45, 2.75) is 6.10 Å². The Morgan fingerprint density at radius 2 is 2.18 bits per heavy atom. The fourth-order valence-corrected chi connectivity index (χ4v) is 3.66. The van der Waals surface area contributed by atoms with Gasteiger partial charge in [-0.3, -0.25) is 0 Å². The predicted octanol–water partition coefficient (Wildman–Crippen LogP) is 3.00. The van der Waals surface area contributed by atoms with E-state index in [1.807, 2.05) is 12.3 Å². The quantitative estimate of drug-likeness (QED) is 0.647. The molecule has 1 saturated heterocycles. The summed E-state index contributed by atoms with van der Waals surface area (Å²) in [6.45, 7) is 2.01. The smallest absolute Gasteiger partial charge is 0.220 e. The summed E-state index contributed by atoms with van der Waals surface area (Å²) in [5.41, 5.74) is 1.21. The number of aliphatic hydroxyl groups excluding tert-OH is 1. The van der Waals surface area contributed by atoms with E-state index >= 15 is 0 Å². The minimum atomic E-state index is -0.883. The molecular formula is C19H20FN3O4S. The number of hydrogen-bond acceptors (Lipinski definition) is 8. The van der Waals surface area contributed by atoms with Gasteiger partial charge in [-0.1, -0.05) is 11.3 Å². The molecule has 0 aliphatic carbocycles. The van der Waals surface area contributed by atoms with Crippen molar-refractivity contribution in [3.8, 4) is 5.75 Å². The molecule has 1 atom stereocenters. The highest BCUT2D eigenvalue weighted by Crippen LogP contribution is 2.26. The number of alkyl halides is 1. The fourth-order valence-electron chi connectivity index (χ4n) is 2.79. The van der Waals surface area contributed by atoms with E-state index in [1.165, 1.54) is 0 Å². The van der Waals surface area contributed by atoms with Gasteiger partial charge in [-0.05, 0) is 18.2 Å². The van der Waals surface area contributed by atoms with Gasteiger partial charge in [0.05, 0.1) is 19.8 Å². The Morgan fingerprint density at radius 1 is 1.32 bits per heavy atom. The molecule has 0 amide bonds. The summed E-state index contributed by atoms with van der Waals surface area (Å²) in [7, 11) is 0. The number of fused-ring (bicyclic) bond motifs is 1. The van der Waals surface area contributed by atoms with Crippen LogP contribution in [0.1, 0.15) is 10.8 Å². The number of morpholine rings is 1. The molecule has 2 aromatic heterocycles. The van der Waals surface area contributed by atoms with Crippen molar-refractivity contribution in [3.05, 3.63) is 35.2 Å². The predicted molar refractivity (Wildman–Crippen MR) is 106 cm³/mol. The van der Waals surface area contributed by atoms with Crippen molar-refractivity contribution in [1.82, 2.24) is 9.97 Å². The molecule has 1 aliphatic heterocycles. The number of aliphatic hydroxyl groups is 1. The van der Waals surface area contributed by atoms with Crippen LogP contribution in [0.5, 0.6) is 5.75 Å². The van der Waals surface area contributed by atoms with E-state index in [9.17, 15) is 4.39 Å². The number of nitrogens with zero attached hydrogens (tertiary/aromatic N) is 3. The van der Waals surface area contributed by atoms with Crippen LogP contribution < -0.4 is 9.64 Å². The first-order valence-electron chi connectivity index (χ1n) is 8.96. The van der Waals surface area contributed by atoms with E-state index in [0.29, 0.717) is 22.7 Å². The number of oxazole rings is 1. The van der Waals surface area contributed by atoms with Gasteiger partial charge in [-0.25, -0.2) is 14.4 Å². The molecule has 28 heavy (non-hydrogen) atoms. The van der Waals surface area contributed by atoms with Crippen molar-refractivity contribution in [2.75, 3.05) is 44.5 Å². The van der Waals surface area contributed by atoms with Gasteiger partial charge in [-0.2, -0.15) is 0 Å². The molecule has 9 heteroatoms. The molecule has 1 fully saturated rings. The zero-order valence-electron chi connectivity index (χ0n) is 15.1. The summed E-state index contributed by atoms with van der Waals surface area (Å²) in [6, 6.07) is 5.05. The average molecular weight is 405 g/mol. The maximum atomic E-state index is 12.7. The number of ether oxygens (including phenoxy) is 2. The van der Waals surface area contributed by atoms with Crippen LogP contribution in [0, 0.1) is 0 Å². The van der Waals surface area contributed by atoms with Gasteiger partial charge >= 0.3 is 0 Å². The molecular weight excluding hydrogens is 385 g/mol. The first-order valence-corrected chi connectivity index (χ1v) is 9.77. The van der Waals surface area contributed by atoms with E-state index in [2.05, 4.69) is 14.9 Å². The van der Waals surface area contributed by atoms with Gasteiger partial charge in [0.15, 0.2) is 10.7 Å². The lowest BCUT2D eigenvalue weighted by Crippen LogP contribution is -2.36. The Bertz CT molecular complexity index is 948. The molecule has 0 bridgehead atoms. The standard InChI is InChI=1S/C19H20FN3O4S/c20-10-14(12-24)26-13-1-3-16-17(9-13)27-18(22-16)4-2-15-11-21-19(28-15)23-5-7-25-8-6-23/h1-4,9,11,14,24H,5-8,10,12H2/b4-2+. The van der Waals surface area contributed by atoms with Crippen LogP contribution in [0.15, 0.2) is 28.8 Å². The minimum Gasteiger partial charge on any atom is -0.485 e. The number of thiazole rings is 1. The van der Waals surface area contributed by atoms with E-state index in [0.717, 1.165) is 36.3 Å². The molecule has 1 unspecified atom stereocenters. The normalized spacial score (nSPS) is 16.1. The molecule has 3 aromatic rings. The van der Waals surface area contributed by atoms with Crippen molar-refractivity contribution in [1.29, 1.82) is 0 Å². The molecule has 0 spiro atoms.